The van der Waals surface area contributed by atoms with Gasteiger partial charge in [0.25, 0.3) is 0 Å². The lowest BCUT2D eigenvalue weighted by atomic mass is 9.85. The van der Waals surface area contributed by atoms with Crippen LogP contribution < -0.4 is 0 Å². The summed E-state index contributed by atoms with van der Waals surface area (Å²) in [5.41, 5.74) is 22.6. The highest BCUT2D eigenvalue weighted by Crippen LogP contribution is 2.58. The van der Waals surface area contributed by atoms with E-state index in [1.807, 2.05) is 0 Å². The molecule has 0 amide bonds. The zero-order valence-corrected chi connectivity index (χ0v) is 28.1. The summed E-state index contributed by atoms with van der Waals surface area (Å²) in [5.74, 6) is 0. The SMILES string of the molecule is CC1=C(C)[C@@H]([Si](C)(C)C2c3cc(C(C)(C)C)ccc3-c3ccc(C(C)(C)C)cc32)c2c(C)c(C)c(C)c(C)c21. The van der Waals surface area contributed by atoms with Crippen LogP contribution in [0.2, 0.25) is 13.1 Å². The van der Waals surface area contributed by atoms with Crippen molar-refractivity contribution in [3.05, 3.63) is 97.6 Å². The van der Waals surface area contributed by atoms with E-state index in [-0.39, 0.29) is 10.8 Å². The molecule has 206 valence electrons. The van der Waals surface area contributed by atoms with E-state index < -0.39 is 8.07 Å². The van der Waals surface area contributed by atoms with Gasteiger partial charge in [0.05, 0.1) is 8.07 Å². The van der Waals surface area contributed by atoms with Crippen LogP contribution in [0.5, 0.6) is 0 Å². The smallest absolute Gasteiger partial charge is 0.0679 e. The topological polar surface area (TPSA) is 0 Å². The van der Waals surface area contributed by atoms with Crippen LogP contribution in [-0.4, -0.2) is 8.07 Å². The van der Waals surface area contributed by atoms with Crippen molar-refractivity contribution in [2.75, 3.05) is 0 Å². The van der Waals surface area contributed by atoms with Crippen LogP contribution in [0.4, 0.5) is 0 Å². The van der Waals surface area contributed by atoms with Gasteiger partial charge in [-0.05, 0) is 125 Å². The van der Waals surface area contributed by atoms with Crippen molar-refractivity contribution in [3.63, 3.8) is 0 Å². The molecule has 0 radical (unpaired) electrons. The highest BCUT2D eigenvalue weighted by molar-refractivity contribution is 6.82. The summed E-state index contributed by atoms with van der Waals surface area (Å²) in [5, 5.41) is 0. The minimum Gasteiger partial charge on any atom is -0.0679 e. The first-order valence-corrected chi connectivity index (χ1v) is 18.1. The molecular formula is C38H50Si. The van der Waals surface area contributed by atoms with Crippen molar-refractivity contribution in [2.45, 2.75) is 118 Å². The Bertz CT molecular complexity index is 1480. The van der Waals surface area contributed by atoms with Gasteiger partial charge in [-0.15, -0.1) is 0 Å². The lowest BCUT2D eigenvalue weighted by molar-refractivity contribution is 0.589. The molecule has 0 saturated heterocycles. The molecule has 0 bridgehead atoms. The van der Waals surface area contributed by atoms with Crippen molar-refractivity contribution >= 4 is 13.6 Å². The molecular weight excluding hydrogens is 485 g/mol. The van der Waals surface area contributed by atoms with E-state index in [1.165, 1.54) is 50.1 Å². The number of allylic oxidation sites excluding steroid dienone is 2. The van der Waals surface area contributed by atoms with E-state index in [0.717, 1.165) is 0 Å². The van der Waals surface area contributed by atoms with Crippen LogP contribution in [0.25, 0.3) is 16.7 Å². The molecule has 0 aliphatic heterocycles. The summed E-state index contributed by atoms with van der Waals surface area (Å²) in [6, 6.07) is 14.8. The fourth-order valence-electron chi connectivity index (χ4n) is 7.91. The maximum absolute atomic E-state index is 2.70. The van der Waals surface area contributed by atoms with Crippen LogP contribution in [0.1, 0.15) is 122 Å². The van der Waals surface area contributed by atoms with Crippen molar-refractivity contribution in [3.8, 4) is 11.1 Å². The first kappa shape index (κ1) is 28.2. The van der Waals surface area contributed by atoms with Crippen LogP contribution >= 0.6 is 0 Å². The quantitative estimate of drug-likeness (QED) is 0.287. The molecule has 1 atom stereocenters. The minimum absolute atomic E-state index is 0.130. The predicted octanol–water partition coefficient (Wildman–Crippen LogP) is 11.0. The molecule has 3 aromatic carbocycles. The van der Waals surface area contributed by atoms with Gasteiger partial charge < -0.3 is 0 Å². The summed E-state index contributed by atoms with van der Waals surface area (Å²) in [7, 11) is -2.01. The second-order valence-electron chi connectivity index (χ2n) is 15.4. The second-order valence-corrected chi connectivity index (χ2v) is 20.2. The van der Waals surface area contributed by atoms with E-state index >= 15 is 0 Å². The largest absolute Gasteiger partial charge is 0.0726 e. The second kappa shape index (κ2) is 8.81. The van der Waals surface area contributed by atoms with Crippen molar-refractivity contribution < 1.29 is 0 Å². The zero-order chi connectivity index (χ0) is 29.0. The number of fused-ring (bicyclic) bond motifs is 4. The molecule has 0 aromatic heterocycles. The molecule has 0 spiro atoms. The average molecular weight is 535 g/mol. The molecule has 2 aliphatic rings. The summed E-state index contributed by atoms with van der Waals surface area (Å²) in [6.07, 6.45) is 0. The lowest BCUT2D eigenvalue weighted by Crippen LogP contribution is -2.42. The molecule has 0 unspecified atom stereocenters. The Balaban J connectivity index is 1.82. The van der Waals surface area contributed by atoms with Gasteiger partial charge in [-0.2, -0.15) is 0 Å². The van der Waals surface area contributed by atoms with Crippen LogP contribution in [0.3, 0.4) is 0 Å². The predicted molar refractivity (Wildman–Crippen MR) is 175 cm³/mol. The highest BCUT2D eigenvalue weighted by Gasteiger charge is 2.50. The summed E-state index contributed by atoms with van der Waals surface area (Å²) >= 11 is 0. The zero-order valence-electron chi connectivity index (χ0n) is 27.1. The van der Waals surface area contributed by atoms with Gasteiger partial charge >= 0.3 is 0 Å². The summed E-state index contributed by atoms with van der Waals surface area (Å²) < 4.78 is 0. The molecule has 0 N–H and O–H groups in total. The monoisotopic (exact) mass is 534 g/mol. The first-order valence-electron chi connectivity index (χ1n) is 15.0. The van der Waals surface area contributed by atoms with Gasteiger partial charge in [-0.3, -0.25) is 0 Å². The van der Waals surface area contributed by atoms with E-state index in [2.05, 4.69) is 133 Å². The summed E-state index contributed by atoms with van der Waals surface area (Å²) in [6.45, 7) is 33.8. The average Bonchev–Trinajstić information content (AvgIpc) is 3.32. The Hall–Kier alpha value is -2.38. The van der Waals surface area contributed by atoms with Crippen LogP contribution in [-0.2, 0) is 10.8 Å². The molecule has 39 heavy (non-hydrogen) atoms. The number of rotatable bonds is 2. The molecule has 0 heterocycles. The maximum atomic E-state index is 2.70. The Kier molecular flexibility index (Phi) is 6.36. The Labute approximate surface area is 240 Å². The third kappa shape index (κ3) is 4.06. The minimum atomic E-state index is -2.01. The highest BCUT2D eigenvalue weighted by atomic mass is 28.3. The molecule has 0 saturated carbocycles. The van der Waals surface area contributed by atoms with E-state index in [0.29, 0.717) is 11.1 Å². The maximum Gasteiger partial charge on any atom is 0.0726 e. The van der Waals surface area contributed by atoms with Crippen LogP contribution in [0, 0.1) is 27.7 Å². The molecule has 3 aromatic rings. The van der Waals surface area contributed by atoms with Gasteiger partial charge in [-0.1, -0.05) is 96.6 Å². The van der Waals surface area contributed by atoms with E-state index in [4.69, 9.17) is 0 Å². The van der Waals surface area contributed by atoms with Gasteiger partial charge in [0.1, 0.15) is 0 Å². The Morgan fingerprint density at radius 1 is 0.564 bits per heavy atom. The molecule has 5 rings (SSSR count). The van der Waals surface area contributed by atoms with Gasteiger partial charge in [0.15, 0.2) is 0 Å². The third-order valence-corrected chi connectivity index (χ3v) is 15.0. The first-order chi connectivity index (χ1) is 17.9. The Morgan fingerprint density at radius 2 is 1.00 bits per heavy atom. The van der Waals surface area contributed by atoms with Crippen molar-refractivity contribution in [1.29, 1.82) is 0 Å². The summed E-state index contributed by atoms with van der Waals surface area (Å²) in [4.78, 5) is 0. The standard InChI is InChI=1S/C38H50Si/c1-21-22(2)24(4)34-33(23(21)3)25(5)26(6)35(34)39(13,14)36-31-19-27(37(7,8)9)15-17-29(31)30-18-16-28(20-32(30)36)38(10,11)12/h15-20,35-36H,1-14H3/t35-/m1/s1. The van der Waals surface area contributed by atoms with Crippen molar-refractivity contribution in [1.82, 2.24) is 0 Å². The normalized spacial score (nSPS) is 17.5. The molecule has 0 fully saturated rings. The van der Waals surface area contributed by atoms with Gasteiger partial charge in [0, 0.05) is 11.1 Å². The fourth-order valence-corrected chi connectivity index (χ4v) is 12.8. The lowest BCUT2D eigenvalue weighted by Gasteiger charge is -2.40. The van der Waals surface area contributed by atoms with Gasteiger partial charge in [-0.25, -0.2) is 0 Å². The molecule has 2 aliphatic carbocycles. The fraction of sp³-hybridized carbons (Fsp3) is 0.474. The third-order valence-electron chi connectivity index (χ3n) is 10.7. The molecule has 0 nitrogen and oxygen atoms in total. The van der Waals surface area contributed by atoms with E-state index in [1.54, 1.807) is 27.8 Å². The number of benzene rings is 3. The number of hydrogen-bond donors (Lipinski definition) is 0. The number of hydrogen-bond acceptors (Lipinski definition) is 0. The van der Waals surface area contributed by atoms with Gasteiger partial charge in [0.2, 0.25) is 0 Å². The van der Waals surface area contributed by atoms with E-state index in [9.17, 15) is 0 Å². The Morgan fingerprint density at radius 3 is 1.44 bits per heavy atom. The van der Waals surface area contributed by atoms with Crippen LogP contribution in [0.15, 0.2) is 42.0 Å². The van der Waals surface area contributed by atoms with Crippen molar-refractivity contribution in [2.24, 2.45) is 0 Å². The molecule has 1 heteroatoms.